The molecule has 1 N–H and O–H groups in total. The van der Waals surface area contributed by atoms with E-state index in [1.807, 2.05) is 0 Å². The minimum absolute atomic E-state index is 0.0168. The smallest absolute Gasteiger partial charge is 0.336 e. The average molecular weight is 479 g/mol. The van der Waals surface area contributed by atoms with E-state index in [4.69, 9.17) is 18.6 Å². The molecule has 4 aromatic rings. The standard InChI is InChI=1S/C23H21N5O7/c1-32-13-14-34-23-25-22(20-7-4-12-33-20)27(26-23)17-10-8-16(9-11-17)24-21(29)15-35-19-6-3-2-5-18(19)28(30)31/h2-12H,13-15H2,1H3,(H,24,29). The highest BCUT2D eigenvalue weighted by Gasteiger charge is 2.18. The van der Waals surface area contributed by atoms with Gasteiger partial charge in [0.05, 0.1) is 23.5 Å². The number of hydrogen-bond acceptors (Lipinski definition) is 9. The molecule has 0 fully saturated rings. The van der Waals surface area contributed by atoms with Gasteiger partial charge < -0.3 is 23.9 Å². The number of carbonyl (C=O) groups is 1. The lowest BCUT2D eigenvalue weighted by Crippen LogP contribution is -2.20. The molecule has 0 unspecified atom stereocenters. The molecule has 2 aromatic carbocycles. The summed E-state index contributed by atoms with van der Waals surface area (Å²) in [6.07, 6.45) is 1.53. The number of nitro groups is 1. The Labute approximate surface area is 199 Å². The summed E-state index contributed by atoms with van der Waals surface area (Å²) < 4.78 is 22.9. The Bertz CT molecular complexity index is 1290. The fourth-order valence-corrected chi connectivity index (χ4v) is 3.07. The molecule has 12 nitrogen and oxygen atoms in total. The Morgan fingerprint density at radius 2 is 1.89 bits per heavy atom. The molecule has 0 saturated carbocycles. The van der Waals surface area contributed by atoms with Gasteiger partial charge in [-0.15, -0.1) is 5.10 Å². The number of carbonyl (C=O) groups excluding carboxylic acids is 1. The summed E-state index contributed by atoms with van der Waals surface area (Å²) in [4.78, 5) is 27.2. The molecule has 0 aliphatic heterocycles. The lowest BCUT2D eigenvalue weighted by Gasteiger charge is -2.09. The molecule has 180 valence electrons. The van der Waals surface area contributed by atoms with Gasteiger partial charge in [0.25, 0.3) is 5.91 Å². The Morgan fingerprint density at radius 3 is 2.60 bits per heavy atom. The highest BCUT2D eigenvalue weighted by atomic mass is 16.6. The number of nitrogens with zero attached hydrogens (tertiary/aromatic N) is 4. The highest BCUT2D eigenvalue weighted by Crippen LogP contribution is 2.26. The van der Waals surface area contributed by atoms with Crippen LogP contribution in [-0.2, 0) is 9.53 Å². The molecule has 0 radical (unpaired) electrons. The van der Waals surface area contributed by atoms with Gasteiger partial charge in [0.15, 0.2) is 18.1 Å². The highest BCUT2D eigenvalue weighted by molar-refractivity contribution is 5.92. The van der Waals surface area contributed by atoms with Crippen LogP contribution in [0.15, 0.2) is 71.3 Å². The molecule has 0 aliphatic rings. The van der Waals surface area contributed by atoms with Crippen molar-refractivity contribution in [3.8, 4) is 29.0 Å². The first-order valence-electron chi connectivity index (χ1n) is 10.4. The number of hydrogen-bond donors (Lipinski definition) is 1. The predicted molar refractivity (Wildman–Crippen MR) is 124 cm³/mol. The number of aromatic nitrogens is 3. The van der Waals surface area contributed by atoms with E-state index >= 15 is 0 Å². The molecular weight excluding hydrogens is 458 g/mol. The molecule has 0 bridgehead atoms. The third-order valence-electron chi connectivity index (χ3n) is 4.66. The van der Waals surface area contributed by atoms with Crippen molar-refractivity contribution in [1.82, 2.24) is 14.8 Å². The molecule has 12 heteroatoms. The fraction of sp³-hybridized carbons (Fsp3) is 0.174. The Kier molecular flexibility index (Phi) is 7.33. The van der Waals surface area contributed by atoms with Crippen LogP contribution >= 0.6 is 0 Å². The molecule has 2 aromatic heterocycles. The topological polar surface area (TPSA) is 144 Å². The third-order valence-corrected chi connectivity index (χ3v) is 4.66. The van der Waals surface area contributed by atoms with Crippen LogP contribution < -0.4 is 14.8 Å². The number of ether oxygens (including phenoxy) is 3. The minimum Gasteiger partial charge on any atom is -0.477 e. The van der Waals surface area contributed by atoms with E-state index in [0.29, 0.717) is 29.6 Å². The molecule has 35 heavy (non-hydrogen) atoms. The van der Waals surface area contributed by atoms with Gasteiger partial charge in [-0.25, -0.2) is 4.68 Å². The number of rotatable bonds is 11. The maximum absolute atomic E-state index is 12.3. The molecule has 4 rings (SSSR count). The maximum Gasteiger partial charge on any atom is 0.336 e. The second-order valence-electron chi connectivity index (χ2n) is 7.06. The normalized spacial score (nSPS) is 10.7. The van der Waals surface area contributed by atoms with Crippen LogP contribution in [0, 0.1) is 10.1 Å². The maximum atomic E-state index is 12.3. The van der Waals surface area contributed by atoms with Gasteiger partial charge in [-0.1, -0.05) is 12.1 Å². The van der Waals surface area contributed by atoms with Gasteiger partial charge in [0.2, 0.25) is 5.82 Å². The molecule has 0 spiro atoms. The van der Waals surface area contributed by atoms with Crippen molar-refractivity contribution in [2.45, 2.75) is 0 Å². The van der Waals surface area contributed by atoms with E-state index < -0.39 is 10.8 Å². The zero-order valence-corrected chi connectivity index (χ0v) is 18.6. The molecule has 2 heterocycles. The number of amides is 1. The van der Waals surface area contributed by atoms with E-state index in [9.17, 15) is 14.9 Å². The Hall–Kier alpha value is -4.71. The van der Waals surface area contributed by atoms with E-state index in [0.717, 1.165) is 0 Å². The summed E-state index contributed by atoms with van der Waals surface area (Å²) in [5.74, 6) is 0.491. The van der Waals surface area contributed by atoms with Gasteiger partial charge >= 0.3 is 11.7 Å². The largest absolute Gasteiger partial charge is 0.477 e. The predicted octanol–water partition coefficient (Wildman–Crippen LogP) is 3.48. The van der Waals surface area contributed by atoms with Gasteiger partial charge in [0, 0.05) is 18.9 Å². The fourth-order valence-electron chi connectivity index (χ4n) is 3.07. The van der Waals surface area contributed by atoms with Crippen molar-refractivity contribution >= 4 is 17.3 Å². The van der Waals surface area contributed by atoms with E-state index in [2.05, 4.69) is 15.4 Å². The van der Waals surface area contributed by atoms with E-state index in [1.165, 1.54) is 24.5 Å². The van der Waals surface area contributed by atoms with Crippen molar-refractivity contribution in [3.63, 3.8) is 0 Å². The molecule has 0 saturated heterocycles. The van der Waals surface area contributed by atoms with E-state index in [-0.39, 0.29) is 30.7 Å². The average Bonchev–Trinajstić information content (AvgIpc) is 3.54. The number of benzene rings is 2. The number of furan rings is 1. The van der Waals surface area contributed by atoms with Gasteiger partial charge in [-0.2, -0.15) is 4.98 Å². The monoisotopic (exact) mass is 479 g/mol. The second-order valence-corrected chi connectivity index (χ2v) is 7.06. The minimum atomic E-state index is -0.568. The summed E-state index contributed by atoms with van der Waals surface area (Å²) in [7, 11) is 1.57. The van der Waals surface area contributed by atoms with Gasteiger partial charge in [-0.3, -0.25) is 14.9 Å². The summed E-state index contributed by atoms with van der Waals surface area (Å²) in [6, 6.07) is 16.3. The van der Waals surface area contributed by atoms with Crippen LogP contribution in [0.3, 0.4) is 0 Å². The lowest BCUT2D eigenvalue weighted by atomic mass is 10.2. The van der Waals surface area contributed by atoms with Crippen molar-refractivity contribution in [2.24, 2.45) is 0 Å². The van der Waals surface area contributed by atoms with Gasteiger partial charge in [0.1, 0.15) is 6.61 Å². The molecular formula is C23H21N5O7. The van der Waals surface area contributed by atoms with Crippen LogP contribution in [0.1, 0.15) is 0 Å². The van der Waals surface area contributed by atoms with Crippen molar-refractivity contribution < 1.29 is 28.3 Å². The Morgan fingerprint density at radius 1 is 1.09 bits per heavy atom. The lowest BCUT2D eigenvalue weighted by molar-refractivity contribution is -0.385. The quantitative estimate of drug-likeness (QED) is 0.194. The first-order valence-corrected chi connectivity index (χ1v) is 10.4. The van der Waals surface area contributed by atoms with Crippen molar-refractivity contribution in [3.05, 3.63) is 77.0 Å². The van der Waals surface area contributed by atoms with Crippen molar-refractivity contribution in [2.75, 3.05) is 32.2 Å². The molecule has 0 atom stereocenters. The summed E-state index contributed by atoms with van der Waals surface area (Å²) in [6.45, 7) is 0.290. The van der Waals surface area contributed by atoms with Crippen molar-refractivity contribution in [1.29, 1.82) is 0 Å². The summed E-state index contributed by atoms with van der Waals surface area (Å²) >= 11 is 0. The van der Waals surface area contributed by atoms with E-state index in [1.54, 1.807) is 54.3 Å². The van der Waals surface area contributed by atoms with Crippen LogP contribution in [0.5, 0.6) is 11.8 Å². The third kappa shape index (κ3) is 5.81. The Balaban J connectivity index is 1.44. The number of nitro benzene ring substituents is 1. The number of methoxy groups -OCH3 is 1. The molecule has 1 amide bonds. The van der Waals surface area contributed by atoms with Crippen LogP contribution in [0.25, 0.3) is 17.3 Å². The zero-order valence-electron chi connectivity index (χ0n) is 18.6. The molecule has 0 aliphatic carbocycles. The first kappa shape index (κ1) is 23.4. The van der Waals surface area contributed by atoms with Crippen LogP contribution in [0.2, 0.25) is 0 Å². The number of anilines is 1. The zero-order chi connectivity index (χ0) is 24.6. The summed E-state index contributed by atoms with van der Waals surface area (Å²) in [5.41, 5.74) is 0.941. The van der Waals surface area contributed by atoms with Crippen LogP contribution in [-0.4, -0.2) is 52.5 Å². The second kappa shape index (κ2) is 10.9. The van der Waals surface area contributed by atoms with Crippen LogP contribution in [0.4, 0.5) is 11.4 Å². The number of nitrogens with one attached hydrogen (secondary N) is 1. The SMILES string of the molecule is COCCOc1nc(-c2ccco2)n(-c2ccc(NC(=O)COc3ccccc3[N+](=O)[O-])cc2)n1. The van der Waals surface area contributed by atoms with Gasteiger partial charge in [-0.05, 0) is 42.5 Å². The number of para-hydroxylation sites is 2. The first-order chi connectivity index (χ1) is 17.0. The summed E-state index contributed by atoms with van der Waals surface area (Å²) in [5, 5.41) is 18.1.